The largest absolute Gasteiger partial charge is 0.381 e. The van der Waals surface area contributed by atoms with Gasteiger partial charge < -0.3 is 20.1 Å². The number of hydrogen-bond acceptors (Lipinski definition) is 3. The summed E-state index contributed by atoms with van der Waals surface area (Å²) in [7, 11) is 1.80. The van der Waals surface area contributed by atoms with Gasteiger partial charge in [0.05, 0.1) is 6.04 Å². The average Bonchev–Trinajstić information content (AvgIpc) is 2.65. The molecule has 0 saturated carbocycles. The highest BCUT2D eigenvalue weighted by Crippen LogP contribution is 2.14. The minimum absolute atomic E-state index is 0.224. The monoisotopic (exact) mass is 333 g/mol. The van der Waals surface area contributed by atoms with E-state index in [4.69, 9.17) is 9.47 Å². The fourth-order valence-electron chi connectivity index (χ4n) is 2.77. The van der Waals surface area contributed by atoms with E-state index in [2.05, 4.69) is 46.8 Å². The Morgan fingerprint density at radius 2 is 2.04 bits per heavy atom. The molecule has 0 aliphatic carbocycles. The smallest absolute Gasteiger partial charge is 0.191 e. The van der Waals surface area contributed by atoms with E-state index in [1.807, 2.05) is 6.07 Å². The van der Waals surface area contributed by atoms with Gasteiger partial charge >= 0.3 is 0 Å². The van der Waals surface area contributed by atoms with E-state index in [1.165, 1.54) is 5.56 Å². The highest BCUT2D eigenvalue weighted by Gasteiger charge is 2.13. The first-order valence-corrected chi connectivity index (χ1v) is 8.97. The van der Waals surface area contributed by atoms with Crippen LogP contribution in [0.2, 0.25) is 0 Å². The minimum Gasteiger partial charge on any atom is -0.381 e. The predicted molar refractivity (Wildman–Crippen MR) is 98.3 cm³/mol. The molecule has 1 aliphatic heterocycles. The number of guanidine groups is 1. The van der Waals surface area contributed by atoms with Gasteiger partial charge in [0.2, 0.25) is 0 Å². The van der Waals surface area contributed by atoms with Gasteiger partial charge in [-0.1, -0.05) is 30.3 Å². The first-order chi connectivity index (χ1) is 11.8. The average molecular weight is 333 g/mol. The van der Waals surface area contributed by atoms with Crippen molar-refractivity contribution >= 4 is 5.96 Å². The van der Waals surface area contributed by atoms with Crippen LogP contribution in [0, 0.1) is 5.92 Å². The van der Waals surface area contributed by atoms with Crippen molar-refractivity contribution < 1.29 is 9.47 Å². The van der Waals surface area contributed by atoms with Crippen LogP contribution in [-0.4, -0.2) is 46.0 Å². The molecular formula is C19H31N3O2. The summed E-state index contributed by atoms with van der Waals surface area (Å²) in [6.07, 6.45) is 3.24. The highest BCUT2D eigenvalue weighted by molar-refractivity contribution is 5.80. The van der Waals surface area contributed by atoms with Gasteiger partial charge in [-0.05, 0) is 37.7 Å². The molecule has 5 nitrogen and oxygen atoms in total. The highest BCUT2D eigenvalue weighted by atomic mass is 16.5. The van der Waals surface area contributed by atoms with E-state index in [0.717, 1.165) is 58.2 Å². The normalized spacial score (nSPS) is 17.5. The Hall–Kier alpha value is -1.59. The Labute approximate surface area is 145 Å². The molecule has 2 N–H and O–H groups in total. The van der Waals surface area contributed by atoms with Gasteiger partial charge in [0.15, 0.2) is 5.96 Å². The Kier molecular flexibility index (Phi) is 8.63. The summed E-state index contributed by atoms with van der Waals surface area (Å²) in [6.45, 7) is 6.42. The van der Waals surface area contributed by atoms with Crippen LogP contribution in [0.3, 0.4) is 0 Å². The fourth-order valence-corrected chi connectivity index (χ4v) is 2.77. The first kappa shape index (κ1) is 18.7. The Morgan fingerprint density at radius 3 is 2.75 bits per heavy atom. The minimum atomic E-state index is 0.224. The number of benzene rings is 1. The summed E-state index contributed by atoms with van der Waals surface area (Å²) in [5.41, 5.74) is 1.25. The molecule has 0 radical (unpaired) electrons. The quantitative estimate of drug-likeness (QED) is 0.436. The molecule has 2 rings (SSSR count). The first-order valence-electron chi connectivity index (χ1n) is 8.97. The zero-order chi connectivity index (χ0) is 17.0. The van der Waals surface area contributed by atoms with Crippen molar-refractivity contribution in [3.8, 4) is 0 Å². The van der Waals surface area contributed by atoms with Crippen LogP contribution in [0.4, 0.5) is 0 Å². The Morgan fingerprint density at radius 1 is 1.29 bits per heavy atom. The van der Waals surface area contributed by atoms with Gasteiger partial charge in [0, 0.05) is 40.0 Å². The third-order valence-corrected chi connectivity index (χ3v) is 4.33. The lowest BCUT2D eigenvalue weighted by Crippen LogP contribution is -2.39. The predicted octanol–water partition coefficient (Wildman–Crippen LogP) is 2.75. The van der Waals surface area contributed by atoms with Gasteiger partial charge in [0.25, 0.3) is 0 Å². The van der Waals surface area contributed by atoms with Crippen molar-refractivity contribution in [3.63, 3.8) is 0 Å². The maximum atomic E-state index is 5.78. The molecule has 1 aromatic rings. The number of nitrogens with zero attached hydrogens (tertiary/aromatic N) is 1. The second-order valence-corrected chi connectivity index (χ2v) is 6.26. The van der Waals surface area contributed by atoms with E-state index in [1.54, 1.807) is 7.05 Å². The topological polar surface area (TPSA) is 54.9 Å². The zero-order valence-corrected chi connectivity index (χ0v) is 15.0. The maximum Gasteiger partial charge on any atom is 0.191 e. The molecule has 1 atom stereocenters. The van der Waals surface area contributed by atoms with Crippen molar-refractivity contribution in [1.29, 1.82) is 0 Å². The van der Waals surface area contributed by atoms with Crippen LogP contribution in [0.1, 0.15) is 37.8 Å². The molecular weight excluding hydrogens is 302 g/mol. The number of ether oxygens (including phenoxy) is 2. The molecule has 134 valence electrons. The SMILES string of the molecule is CN=C(NCCCOCC1CCOCC1)NC(C)c1ccccc1. The van der Waals surface area contributed by atoms with E-state index in [-0.39, 0.29) is 6.04 Å². The van der Waals surface area contributed by atoms with Crippen LogP contribution < -0.4 is 10.6 Å². The molecule has 5 heteroatoms. The molecule has 1 unspecified atom stereocenters. The Balaban J connectivity index is 1.56. The third kappa shape index (κ3) is 6.89. The summed E-state index contributed by atoms with van der Waals surface area (Å²) in [4.78, 5) is 4.28. The van der Waals surface area contributed by atoms with E-state index in [0.29, 0.717) is 5.92 Å². The summed E-state index contributed by atoms with van der Waals surface area (Å²) in [6, 6.07) is 10.6. The van der Waals surface area contributed by atoms with Crippen LogP contribution in [0.5, 0.6) is 0 Å². The summed E-state index contributed by atoms with van der Waals surface area (Å²) < 4.78 is 11.1. The Bertz CT molecular complexity index is 473. The molecule has 1 saturated heterocycles. The summed E-state index contributed by atoms with van der Waals surface area (Å²) >= 11 is 0. The molecule has 1 heterocycles. The van der Waals surface area contributed by atoms with Gasteiger partial charge in [-0.25, -0.2) is 0 Å². The van der Waals surface area contributed by atoms with Crippen molar-refractivity contribution in [2.75, 3.05) is 40.0 Å². The molecule has 24 heavy (non-hydrogen) atoms. The molecule has 0 aromatic heterocycles. The molecule has 1 fully saturated rings. The van der Waals surface area contributed by atoms with Crippen LogP contribution in [0.15, 0.2) is 35.3 Å². The second-order valence-electron chi connectivity index (χ2n) is 6.26. The fraction of sp³-hybridized carbons (Fsp3) is 0.632. The lowest BCUT2D eigenvalue weighted by Gasteiger charge is -2.22. The number of aliphatic imine (C=N–C) groups is 1. The van der Waals surface area contributed by atoms with Crippen molar-refractivity contribution in [2.24, 2.45) is 10.9 Å². The van der Waals surface area contributed by atoms with E-state index >= 15 is 0 Å². The lowest BCUT2D eigenvalue weighted by molar-refractivity contribution is 0.0203. The van der Waals surface area contributed by atoms with Gasteiger partial charge in [-0.3, -0.25) is 4.99 Å². The second kappa shape index (κ2) is 11.0. The standard InChI is InChI=1S/C19H31N3O2/c1-16(18-7-4-3-5-8-18)22-19(20-2)21-11-6-12-24-15-17-9-13-23-14-10-17/h3-5,7-8,16-17H,6,9-15H2,1-2H3,(H2,20,21,22). The maximum absolute atomic E-state index is 5.78. The van der Waals surface area contributed by atoms with Crippen molar-refractivity contribution in [2.45, 2.75) is 32.2 Å². The molecule has 1 aromatic carbocycles. The van der Waals surface area contributed by atoms with Crippen molar-refractivity contribution in [3.05, 3.63) is 35.9 Å². The molecule has 0 amide bonds. The van der Waals surface area contributed by atoms with Gasteiger partial charge in [-0.2, -0.15) is 0 Å². The van der Waals surface area contributed by atoms with Gasteiger partial charge in [0.1, 0.15) is 0 Å². The summed E-state index contributed by atoms with van der Waals surface area (Å²) in [5.74, 6) is 1.50. The number of rotatable bonds is 8. The van der Waals surface area contributed by atoms with Crippen LogP contribution in [0.25, 0.3) is 0 Å². The number of nitrogens with one attached hydrogen (secondary N) is 2. The van der Waals surface area contributed by atoms with Crippen LogP contribution >= 0.6 is 0 Å². The van der Waals surface area contributed by atoms with Gasteiger partial charge in [-0.15, -0.1) is 0 Å². The van der Waals surface area contributed by atoms with Crippen molar-refractivity contribution in [1.82, 2.24) is 10.6 Å². The molecule has 1 aliphatic rings. The lowest BCUT2D eigenvalue weighted by atomic mass is 10.0. The summed E-state index contributed by atoms with van der Waals surface area (Å²) in [5, 5.41) is 6.76. The molecule has 0 spiro atoms. The number of hydrogen-bond donors (Lipinski definition) is 2. The third-order valence-electron chi connectivity index (χ3n) is 4.33. The van der Waals surface area contributed by atoms with Crippen LogP contribution in [-0.2, 0) is 9.47 Å². The van der Waals surface area contributed by atoms with E-state index < -0.39 is 0 Å². The van der Waals surface area contributed by atoms with E-state index in [9.17, 15) is 0 Å². The zero-order valence-electron chi connectivity index (χ0n) is 15.0. The molecule has 0 bridgehead atoms.